The Morgan fingerprint density at radius 2 is 2.22 bits per heavy atom. The Morgan fingerprint density at radius 3 is 3.00 bits per heavy atom. The van der Waals surface area contributed by atoms with Crippen LogP contribution in [0.4, 0.5) is 0 Å². The third-order valence-corrected chi connectivity index (χ3v) is 4.86. The van der Waals surface area contributed by atoms with Gasteiger partial charge in [0.05, 0.1) is 6.61 Å². The molecule has 2 aliphatic rings. The second kappa shape index (κ2) is 6.70. The molecule has 0 aliphatic carbocycles. The molecule has 6 nitrogen and oxygen atoms in total. The van der Waals surface area contributed by atoms with Gasteiger partial charge < -0.3 is 19.5 Å². The van der Waals surface area contributed by atoms with Crippen molar-refractivity contribution < 1.29 is 9.53 Å². The van der Waals surface area contributed by atoms with Crippen LogP contribution in [0.15, 0.2) is 23.0 Å². The van der Waals surface area contributed by atoms with Crippen molar-refractivity contribution in [1.29, 1.82) is 0 Å². The number of pyridine rings is 1. The van der Waals surface area contributed by atoms with E-state index in [4.69, 9.17) is 17.0 Å². The van der Waals surface area contributed by atoms with Crippen molar-refractivity contribution in [2.45, 2.75) is 25.8 Å². The highest BCUT2D eigenvalue weighted by molar-refractivity contribution is 7.80. The average Bonchev–Trinajstić information content (AvgIpc) is 2.54. The minimum Gasteiger partial charge on any atom is -0.465 e. The SMILES string of the molecule is CCOC(=O)CNC(=S)N1C[C@H]2C[C@@H](C1)c1cccc(=O)n1C2. The number of hydrogen-bond donors (Lipinski definition) is 1. The molecule has 2 atom stereocenters. The molecule has 1 aromatic heterocycles. The van der Waals surface area contributed by atoms with E-state index < -0.39 is 0 Å². The molecule has 3 rings (SSSR count). The summed E-state index contributed by atoms with van der Waals surface area (Å²) in [5.74, 6) is 0.409. The molecule has 3 heterocycles. The van der Waals surface area contributed by atoms with E-state index in [9.17, 15) is 9.59 Å². The largest absolute Gasteiger partial charge is 0.465 e. The van der Waals surface area contributed by atoms with Crippen LogP contribution in [0.1, 0.15) is 25.0 Å². The highest BCUT2D eigenvalue weighted by Crippen LogP contribution is 2.34. The zero-order valence-electron chi connectivity index (χ0n) is 13.2. The number of likely N-dealkylation sites (tertiary alicyclic amines) is 1. The standard InChI is InChI=1S/C16H21N3O3S/c1-2-22-15(21)7-17-16(23)18-8-11-6-12(10-18)13-4-3-5-14(20)19(13)9-11/h3-5,11-12H,2,6-10H2,1H3,(H,17,23)/t11-,12+/m1/s1. The summed E-state index contributed by atoms with van der Waals surface area (Å²) in [6.07, 6.45) is 1.08. The summed E-state index contributed by atoms with van der Waals surface area (Å²) in [5, 5.41) is 3.56. The molecule has 1 fully saturated rings. The fraction of sp³-hybridized carbons (Fsp3) is 0.562. The van der Waals surface area contributed by atoms with Crippen LogP contribution in [0.2, 0.25) is 0 Å². The fourth-order valence-electron chi connectivity index (χ4n) is 3.53. The number of ether oxygens (including phenoxy) is 1. The zero-order valence-corrected chi connectivity index (χ0v) is 14.0. The number of rotatable bonds is 3. The van der Waals surface area contributed by atoms with Gasteiger partial charge in [-0.2, -0.15) is 0 Å². The highest BCUT2D eigenvalue weighted by atomic mass is 32.1. The monoisotopic (exact) mass is 335 g/mol. The fourth-order valence-corrected chi connectivity index (χ4v) is 3.76. The number of thiocarbonyl (C=S) groups is 1. The smallest absolute Gasteiger partial charge is 0.325 e. The first kappa shape index (κ1) is 16.0. The third kappa shape index (κ3) is 3.39. The van der Waals surface area contributed by atoms with Gasteiger partial charge in [0, 0.05) is 37.3 Å². The van der Waals surface area contributed by atoms with Gasteiger partial charge in [-0.3, -0.25) is 9.59 Å². The lowest BCUT2D eigenvalue weighted by atomic mass is 9.83. The Labute approximate surface area is 140 Å². The Morgan fingerprint density at radius 1 is 1.39 bits per heavy atom. The molecule has 23 heavy (non-hydrogen) atoms. The van der Waals surface area contributed by atoms with Gasteiger partial charge in [0.15, 0.2) is 5.11 Å². The zero-order chi connectivity index (χ0) is 16.4. The summed E-state index contributed by atoms with van der Waals surface area (Å²) in [5.41, 5.74) is 1.17. The van der Waals surface area contributed by atoms with Crippen molar-refractivity contribution in [3.05, 3.63) is 34.2 Å². The van der Waals surface area contributed by atoms with Crippen LogP contribution in [0.5, 0.6) is 0 Å². The molecule has 2 aliphatic heterocycles. The highest BCUT2D eigenvalue weighted by Gasteiger charge is 2.35. The number of nitrogens with zero attached hydrogens (tertiary/aromatic N) is 2. The lowest BCUT2D eigenvalue weighted by Gasteiger charge is -2.43. The van der Waals surface area contributed by atoms with Crippen LogP contribution in [0.25, 0.3) is 0 Å². The van der Waals surface area contributed by atoms with Gasteiger partial charge in [0.25, 0.3) is 5.56 Å². The summed E-state index contributed by atoms with van der Waals surface area (Å²) in [6.45, 7) is 4.56. The normalized spacial score (nSPS) is 22.2. The quantitative estimate of drug-likeness (QED) is 0.648. The predicted molar refractivity (Wildman–Crippen MR) is 90.4 cm³/mol. The van der Waals surface area contributed by atoms with Crippen molar-refractivity contribution in [1.82, 2.24) is 14.8 Å². The number of piperidine rings is 1. The number of hydrogen-bond acceptors (Lipinski definition) is 4. The second-order valence-electron chi connectivity index (χ2n) is 6.07. The number of nitrogens with one attached hydrogen (secondary N) is 1. The molecule has 0 saturated carbocycles. The second-order valence-corrected chi connectivity index (χ2v) is 6.45. The van der Waals surface area contributed by atoms with E-state index in [0.717, 1.165) is 31.7 Å². The Bertz CT molecular complexity index is 673. The molecule has 7 heteroatoms. The molecule has 0 amide bonds. The van der Waals surface area contributed by atoms with E-state index in [-0.39, 0.29) is 18.1 Å². The van der Waals surface area contributed by atoms with Crippen LogP contribution >= 0.6 is 12.2 Å². The van der Waals surface area contributed by atoms with Gasteiger partial charge in [-0.25, -0.2) is 0 Å². The van der Waals surface area contributed by atoms with Crippen LogP contribution in [-0.4, -0.2) is 46.8 Å². The topological polar surface area (TPSA) is 63.6 Å². The number of fused-ring (bicyclic) bond motifs is 4. The minimum atomic E-state index is -0.302. The van der Waals surface area contributed by atoms with Crippen LogP contribution in [0, 0.1) is 5.92 Å². The number of carbonyl (C=O) groups excluding carboxylic acids is 1. The lowest BCUT2D eigenvalue weighted by molar-refractivity contribution is -0.141. The predicted octanol–water partition coefficient (Wildman–Crippen LogP) is 0.705. The van der Waals surface area contributed by atoms with E-state index in [1.165, 1.54) is 0 Å². The summed E-state index contributed by atoms with van der Waals surface area (Å²) in [6, 6.07) is 5.47. The Balaban J connectivity index is 1.66. The Kier molecular flexibility index (Phi) is 4.66. The summed E-state index contributed by atoms with van der Waals surface area (Å²) in [7, 11) is 0. The van der Waals surface area contributed by atoms with Crippen LogP contribution < -0.4 is 10.9 Å². The third-order valence-electron chi connectivity index (χ3n) is 4.46. The molecule has 1 N–H and O–H groups in total. The molecule has 124 valence electrons. The van der Waals surface area contributed by atoms with Crippen molar-refractivity contribution in [2.24, 2.45) is 5.92 Å². The molecule has 0 radical (unpaired) electrons. The number of carbonyl (C=O) groups is 1. The van der Waals surface area contributed by atoms with Gasteiger partial charge in [-0.15, -0.1) is 0 Å². The first-order chi connectivity index (χ1) is 11.1. The first-order valence-electron chi connectivity index (χ1n) is 7.96. The van der Waals surface area contributed by atoms with Crippen molar-refractivity contribution in [3.63, 3.8) is 0 Å². The van der Waals surface area contributed by atoms with Crippen molar-refractivity contribution in [2.75, 3.05) is 26.2 Å². The molecule has 0 aromatic carbocycles. The van der Waals surface area contributed by atoms with Gasteiger partial charge >= 0.3 is 5.97 Å². The van der Waals surface area contributed by atoms with E-state index in [2.05, 4.69) is 10.2 Å². The number of esters is 1. The van der Waals surface area contributed by atoms with E-state index in [1.54, 1.807) is 13.0 Å². The summed E-state index contributed by atoms with van der Waals surface area (Å²) in [4.78, 5) is 25.5. The average molecular weight is 335 g/mol. The number of aromatic nitrogens is 1. The van der Waals surface area contributed by atoms with Crippen molar-refractivity contribution >= 4 is 23.3 Å². The lowest BCUT2D eigenvalue weighted by Crippen LogP contribution is -2.52. The van der Waals surface area contributed by atoms with Gasteiger partial charge in [-0.1, -0.05) is 6.07 Å². The maximum absolute atomic E-state index is 12.0. The van der Waals surface area contributed by atoms with E-state index in [1.807, 2.05) is 16.7 Å². The van der Waals surface area contributed by atoms with Crippen LogP contribution in [0.3, 0.4) is 0 Å². The molecular weight excluding hydrogens is 314 g/mol. The minimum absolute atomic E-state index is 0.0775. The summed E-state index contributed by atoms with van der Waals surface area (Å²) >= 11 is 5.42. The van der Waals surface area contributed by atoms with Gasteiger partial charge in [0.2, 0.25) is 0 Å². The van der Waals surface area contributed by atoms with Crippen molar-refractivity contribution in [3.8, 4) is 0 Å². The van der Waals surface area contributed by atoms with Crippen LogP contribution in [-0.2, 0) is 16.1 Å². The first-order valence-corrected chi connectivity index (χ1v) is 8.37. The Hall–Kier alpha value is -1.89. The molecular formula is C16H21N3O3S. The van der Waals surface area contributed by atoms with E-state index >= 15 is 0 Å². The van der Waals surface area contributed by atoms with E-state index in [0.29, 0.717) is 23.6 Å². The molecule has 1 saturated heterocycles. The summed E-state index contributed by atoms with van der Waals surface area (Å²) < 4.78 is 6.79. The maximum Gasteiger partial charge on any atom is 0.325 e. The molecule has 0 unspecified atom stereocenters. The molecule has 1 aromatic rings. The maximum atomic E-state index is 12.0. The molecule has 0 spiro atoms. The van der Waals surface area contributed by atoms with Gasteiger partial charge in [0.1, 0.15) is 6.54 Å². The molecule has 2 bridgehead atoms. The van der Waals surface area contributed by atoms with Gasteiger partial charge in [-0.05, 0) is 37.5 Å².